The lowest BCUT2D eigenvalue weighted by molar-refractivity contribution is 0.0752. The molecule has 0 bridgehead atoms. The van der Waals surface area contributed by atoms with Gasteiger partial charge >= 0.3 is 0 Å². The Morgan fingerprint density at radius 3 is 2.85 bits per heavy atom. The summed E-state index contributed by atoms with van der Waals surface area (Å²) in [6.07, 6.45) is 4.66. The minimum Gasteiger partial charge on any atom is -0.338 e. The lowest BCUT2D eigenvalue weighted by atomic mass is 10.1. The molecule has 26 heavy (non-hydrogen) atoms. The molecule has 1 aliphatic heterocycles. The van der Waals surface area contributed by atoms with E-state index in [1.54, 1.807) is 17.0 Å². The number of amides is 1. The molecule has 2 aromatic rings. The van der Waals surface area contributed by atoms with Gasteiger partial charge in [-0.3, -0.25) is 14.7 Å². The number of likely N-dealkylation sites (tertiary alicyclic amines) is 1. The Balaban J connectivity index is 1.61. The highest BCUT2D eigenvalue weighted by molar-refractivity contribution is 5.94. The van der Waals surface area contributed by atoms with Gasteiger partial charge < -0.3 is 4.90 Å². The number of hydrogen-bond donors (Lipinski definition) is 0. The van der Waals surface area contributed by atoms with Crippen LogP contribution in [0.15, 0.2) is 42.6 Å². The number of benzene rings is 1. The normalized spacial score (nSPS) is 18.0. The zero-order valence-corrected chi connectivity index (χ0v) is 15.5. The van der Waals surface area contributed by atoms with Crippen molar-refractivity contribution in [1.29, 1.82) is 0 Å². The highest BCUT2D eigenvalue weighted by Crippen LogP contribution is 2.20. The number of carbonyl (C=O) groups excluding carboxylic acids is 1. The predicted octanol–water partition coefficient (Wildman–Crippen LogP) is 3.66. The molecule has 0 N–H and O–H groups in total. The highest BCUT2D eigenvalue weighted by Gasteiger charge is 2.25. The number of nitrogens with zero attached hydrogens (tertiary/aromatic N) is 3. The monoisotopic (exact) mass is 355 g/mol. The molecular weight excluding hydrogens is 329 g/mol. The van der Waals surface area contributed by atoms with E-state index in [0.717, 1.165) is 37.1 Å². The SMILES string of the molecule is Cc1ccc(C(=O)N2CCCC(N(C)Cc3ccccn3)CC2)c(F)c1. The summed E-state index contributed by atoms with van der Waals surface area (Å²) in [5.74, 6) is -0.626. The molecule has 0 radical (unpaired) electrons. The summed E-state index contributed by atoms with van der Waals surface area (Å²) in [6.45, 7) is 3.96. The van der Waals surface area contributed by atoms with Crippen molar-refractivity contribution < 1.29 is 9.18 Å². The Hall–Kier alpha value is -2.27. The smallest absolute Gasteiger partial charge is 0.256 e. The first-order chi connectivity index (χ1) is 12.5. The van der Waals surface area contributed by atoms with Crippen molar-refractivity contribution in [1.82, 2.24) is 14.8 Å². The second-order valence-corrected chi connectivity index (χ2v) is 7.10. The summed E-state index contributed by atoms with van der Waals surface area (Å²) in [6, 6.07) is 11.2. The lowest BCUT2D eigenvalue weighted by Crippen LogP contribution is -2.35. The molecule has 1 amide bonds. The molecular formula is C21H26FN3O. The highest BCUT2D eigenvalue weighted by atomic mass is 19.1. The fourth-order valence-corrected chi connectivity index (χ4v) is 3.56. The van der Waals surface area contributed by atoms with Crippen LogP contribution in [0, 0.1) is 12.7 Å². The van der Waals surface area contributed by atoms with Gasteiger partial charge in [0, 0.05) is 31.9 Å². The molecule has 1 saturated heterocycles. The van der Waals surface area contributed by atoms with Crippen LogP contribution in [-0.4, -0.2) is 46.9 Å². The van der Waals surface area contributed by atoms with Crippen molar-refractivity contribution in [2.24, 2.45) is 0 Å². The standard InChI is InChI=1S/C21H26FN3O/c1-16-8-9-19(20(22)14-16)21(26)25-12-5-7-18(10-13-25)24(2)15-17-6-3-4-11-23-17/h3-4,6,8-9,11,14,18H,5,7,10,12-13,15H2,1-2H3. The molecule has 1 aliphatic rings. The van der Waals surface area contributed by atoms with Crippen LogP contribution >= 0.6 is 0 Å². The van der Waals surface area contributed by atoms with Crippen molar-refractivity contribution in [3.05, 3.63) is 65.2 Å². The average Bonchev–Trinajstić information content (AvgIpc) is 2.88. The van der Waals surface area contributed by atoms with E-state index >= 15 is 0 Å². The van der Waals surface area contributed by atoms with Gasteiger partial charge in [0.15, 0.2) is 0 Å². The van der Waals surface area contributed by atoms with E-state index in [4.69, 9.17) is 0 Å². The second-order valence-electron chi connectivity index (χ2n) is 7.10. The molecule has 1 aromatic carbocycles. The summed E-state index contributed by atoms with van der Waals surface area (Å²) < 4.78 is 14.1. The maximum Gasteiger partial charge on any atom is 0.256 e. The number of rotatable bonds is 4. The van der Waals surface area contributed by atoms with Crippen molar-refractivity contribution in [3.63, 3.8) is 0 Å². The van der Waals surface area contributed by atoms with E-state index in [2.05, 4.69) is 16.9 Å². The zero-order valence-electron chi connectivity index (χ0n) is 15.5. The maximum absolute atomic E-state index is 14.1. The maximum atomic E-state index is 14.1. The number of pyridine rings is 1. The number of hydrogen-bond acceptors (Lipinski definition) is 3. The van der Waals surface area contributed by atoms with Crippen molar-refractivity contribution >= 4 is 5.91 Å². The minimum atomic E-state index is -0.428. The summed E-state index contributed by atoms with van der Waals surface area (Å²) in [5.41, 5.74) is 2.05. The summed E-state index contributed by atoms with van der Waals surface area (Å²) in [4.78, 5) is 21.2. The van der Waals surface area contributed by atoms with Crippen LogP contribution in [0.4, 0.5) is 4.39 Å². The molecule has 5 heteroatoms. The van der Waals surface area contributed by atoms with Gasteiger partial charge in [-0.15, -0.1) is 0 Å². The molecule has 138 valence electrons. The van der Waals surface area contributed by atoms with Gasteiger partial charge in [0.1, 0.15) is 5.82 Å². The first-order valence-electron chi connectivity index (χ1n) is 9.20. The van der Waals surface area contributed by atoms with Crippen LogP contribution in [0.1, 0.15) is 40.9 Å². The van der Waals surface area contributed by atoms with Gasteiger partial charge in [0.25, 0.3) is 5.91 Å². The molecule has 1 fully saturated rings. The molecule has 0 spiro atoms. The summed E-state index contributed by atoms with van der Waals surface area (Å²) >= 11 is 0. The van der Waals surface area contributed by atoms with Crippen LogP contribution in [0.3, 0.4) is 0 Å². The van der Waals surface area contributed by atoms with Crippen molar-refractivity contribution in [3.8, 4) is 0 Å². The van der Waals surface area contributed by atoms with Gasteiger partial charge in [0.05, 0.1) is 11.3 Å². The Bertz CT molecular complexity index is 750. The predicted molar refractivity (Wildman–Crippen MR) is 100 cm³/mol. The summed E-state index contributed by atoms with van der Waals surface area (Å²) in [5, 5.41) is 0. The number of aromatic nitrogens is 1. The van der Waals surface area contributed by atoms with Crippen LogP contribution < -0.4 is 0 Å². The van der Waals surface area contributed by atoms with E-state index in [-0.39, 0.29) is 11.5 Å². The van der Waals surface area contributed by atoms with Gasteiger partial charge in [-0.2, -0.15) is 0 Å². The third kappa shape index (κ3) is 4.47. The van der Waals surface area contributed by atoms with Gasteiger partial charge in [0.2, 0.25) is 0 Å². The minimum absolute atomic E-state index is 0.177. The van der Waals surface area contributed by atoms with Crippen LogP contribution in [0.25, 0.3) is 0 Å². The fourth-order valence-electron chi connectivity index (χ4n) is 3.56. The Morgan fingerprint density at radius 1 is 1.27 bits per heavy atom. The molecule has 2 heterocycles. The topological polar surface area (TPSA) is 36.4 Å². The third-order valence-electron chi connectivity index (χ3n) is 5.10. The fraction of sp³-hybridized carbons (Fsp3) is 0.429. The summed E-state index contributed by atoms with van der Waals surface area (Å²) in [7, 11) is 2.11. The second kappa shape index (κ2) is 8.41. The molecule has 4 nitrogen and oxygen atoms in total. The lowest BCUT2D eigenvalue weighted by Gasteiger charge is -2.27. The van der Waals surface area contributed by atoms with Crippen LogP contribution in [0.5, 0.6) is 0 Å². The zero-order chi connectivity index (χ0) is 18.5. The molecule has 0 saturated carbocycles. The van der Waals surface area contributed by atoms with Crippen LogP contribution in [0.2, 0.25) is 0 Å². The van der Waals surface area contributed by atoms with Crippen molar-refractivity contribution in [2.45, 2.75) is 38.8 Å². The third-order valence-corrected chi connectivity index (χ3v) is 5.10. The molecule has 0 aliphatic carbocycles. The van der Waals surface area contributed by atoms with Crippen LogP contribution in [-0.2, 0) is 6.54 Å². The molecule has 1 aromatic heterocycles. The quantitative estimate of drug-likeness (QED) is 0.840. The Kier molecular flexibility index (Phi) is 5.99. The number of halogens is 1. The first-order valence-corrected chi connectivity index (χ1v) is 9.20. The van der Waals surface area contributed by atoms with E-state index in [9.17, 15) is 9.18 Å². The van der Waals surface area contributed by atoms with E-state index in [0.29, 0.717) is 19.1 Å². The Labute approximate surface area is 154 Å². The largest absolute Gasteiger partial charge is 0.338 e. The van der Waals surface area contributed by atoms with Crippen molar-refractivity contribution in [2.75, 3.05) is 20.1 Å². The number of aryl methyl sites for hydroxylation is 1. The Morgan fingerprint density at radius 2 is 2.12 bits per heavy atom. The molecule has 3 rings (SSSR count). The van der Waals surface area contributed by atoms with E-state index < -0.39 is 5.82 Å². The number of carbonyl (C=O) groups is 1. The molecule has 1 unspecified atom stereocenters. The van der Waals surface area contributed by atoms with Gasteiger partial charge in [-0.05, 0) is 63.1 Å². The average molecular weight is 355 g/mol. The van der Waals surface area contributed by atoms with Gasteiger partial charge in [-0.25, -0.2) is 4.39 Å². The van der Waals surface area contributed by atoms with E-state index in [1.165, 1.54) is 6.07 Å². The van der Waals surface area contributed by atoms with Gasteiger partial charge in [-0.1, -0.05) is 12.1 Å². The first kappa shape index (κ1) is 18.5. The molecule has 1 atom stereocenters. The van der Waals surface area contributed by atoms with E-state index in [1.807, 2.05) is 31.3 Å².